The molecule has 0 rings (SSSR count). The molecule has 7 N–H and O–H groups in total. The van der Waals surface area contributed by atoms with Gasteiger partial charge in [-0.2, -0.15) is 0 Å². The minimum atomic E-state index is -1.80. The van der Waals surface area contributed by atoms with Crippen molar-refractivity contribution in [1.29, 1.82) is 0 Å². The van der Waals surface area contributed by atoms with Crippen molar-refractivity contribution in [3.8, 4) is 0 Å². The Kier molecular flexibility index (Phi) is 5.71. The van der Waals surface area contributed by atoms with E-state index in [4.69, 9.17) is 26.3 Å². The van der Waals surface area contributed by atoms with Crippen LogP contribution in [0.3, 0.4) is 0 Å². The Labute approximate surface area is 74.8 Å². The lowest BCUT2D eigenvalue weighted by atomic mass is 10.1. The fourth-order valence-electron chi connectivity index (χ4n) is 0.699. The molecule has 0 aromatic carbocycles. The monoisotopic (exact) mass is 194 g/mol. The molecule has 0 spiro atoms. The quantitative estimate of drug-likeness (QED) is 0.188. The minimum Gasteiger partial charge on any atom is -0.394 e. The summed E-state index contributed by atoms with van der Waals surface area (Å²) in [7, 11) is 0. The number of nitrogens with two attached hydrogens (primary N) is 1. The molecule has 13 heavy (non-hydrogen) atoms. The van der Waals surface area contributed by atoms with Crippen molar-refractivity contribution in [3.63, 3.8) is 0 Å². The van der Waals surface area contributed by atoms with E-state index in [9.17, 15) is 4.79 Å². The first kappa shape index (κ1) is 12.4. The largest absolute Gasteiger partial charge is 0.394 e. The van der Waals surface area contributed by atoms with Gasteiger partial charge in [0.2, 0.25) is 0 Å². The third kappa shape index (κ3) is 3.77. The molecule has 0 unspecified atom stereocenters. The van der Waals surface area contributed by atoms with E-state index in [1.54, 1.807) is 0 Å². The van der Waals surface area contributed by atoms with Gasteiger partial charge in [0, 0.05) is 6.54 Å². The standard InChI is InChI=1S/C6H14N2O5/c7-8-1-3(10)5(12)6(13)4(11)2-9/h3-4,6,8-11,13H,1-2,7H2/t3-,4+,6-/m0/s1. The molecule has 0 aromatic rings. The van der Waals surface area contributed by atoms with E-state index in [1.165, 1.54) is 0 Å². The van der Waals surface area contributed by atoms with Crippen LogP contribution in [0.5, 0.6) is 0 Å². The number of aliphatic hydroxyl groups excluding tert-OH is 4. The van der Waals surface area contributed by atoms with E-state index >= 15 is 0 Å². The summed E-state index contributed by atoms with van der Waals surface area (Å²) in [5.41, 5.74) is 2.03. The van der Waals surface area contributed by atoms with E-state index < -0.39 is 30.7 Å². The van der Waals surface area contributed by atoms with Gasteiger partial charge in [-0.25, -0.2) is 0 Å². The molecule has 0 saturated heterocycles. The molecule has 0 aliphatic rings. The van der Waals surface area contributed by atoms with Gasteiger partial charge < -0.3 is 20.4 Å². The van der Waals surface area contributed by atoms with Crippen molar-refractivity contribution < 1.29 is 25.2 Å². The number of nitrogens with one attached hydrogen (secondary N) is 1. The number of carbonyl (C=O) groups excluding carboxylic acids is 1. The number of aliphatic hydroxyl groups is 4. The lowest BCUT2D eigenvalue weighted by Crippen LogP contribution is -2.46. The molecule has 0 saturated carbocycles. The highest BCUT2D eigenvalue weighted by atomic mass is 16.4. The van der Waals surface area contributed by atoms with Crippen molar-refractivity contribution in [1.82, 2.24) is 5.43 Å². The number of hydrogen-bond donors (Lipinski definition) is 6. The number of rotatable bonds is 6. The highest BCUT2D eigenvalue weighted by molar-refractivity contribution is 5.87. The van der Waals surface area contributed by atoms with E-state index in [0.29, 0.717) is 0 Å². The zero-order valence-electron chi connectivity index (χ0n) is 6.92. The Bertz CT molecular complexity index is 165. The Balaban J connectivity index is 4.08. The van der Waals surface area contributed by atoms with Gasteiger partial charge in [-0.3, -0.25) is 16.1 Å². The second-order valence-corrected chi connectivity index (χ2v) is 2.52. The zero-order valence-corrected chi connectivity index (χ0v) is 6.92. The maximum absolute atomic E-state index is 11.0. The van der Waals surface area contributed by atoms with Gasteiger partial charge in [-0.15, -0.1) is 0 Å². The van der Waals surface area contributed by atoms with Crippen molar-refractivity contribution >= 4 is 5.78 Å². The summed E-state index contributed by atoms with van der Waals surface area (Å²) < 4.78 is 0. The lowest BCUT2D eigenvalue weighted by Gasteiger charge is -2.17. The Morgan fingerprint density at radius 2 is 1.92 bits per heavy atom. The van der Waals surface area contributed by atoms with Crippen LogP contribution in [-0.2, 0) is 4.79 Å². The normalized spacial score (nSPS) is 17.9. The van der Waals surface area contributed by atoms with Crippen LogP contribution in [0.15, 0.2) is 0 Å². The van der Waals surface area contributed by atoms with E-state index in [0.717, 1.165) is 0 Å². The number of Topliss-reactive ketones (excluding diaryl/α,β-unsaturated/α-hetero) is 1. The zero-order chi connectivity index (χ0) is 10.4. The van der Waals surface area contributed by atoms with Gasteiger partial charge >= 0.3 is 0 Å². The van der Waals surface area contributed by atoms with Crippen LogP contribution in [0.4, 0.5) is 0 Å². The summed E-state index contributed by atoms with van der Waals surface area (Å²) >= 11 is 0. The maximum Gasteiger partial charge on any atom is 0.193 e. The molecule has 0 heterocycles. The topological polar surface area (TPSA) is 136 Å². The predicted octanol–water partition coefficient (Wildman–Crippen LogP) is -3.91. The molecule has 0 aromatic heterocycles. The second kappa shape index (κ2) is 5.97. The summed E-state index contributed by atoms with van der Waals surface area (Å²) in [4.78, 5) is 11.0. The van der Waals surface area contributed by atoms with E-state index in [-0.39, 0.29) is 6.54 Å². The van der Waals surface area contributed by atoms with Crippen molar-refractivity contribution in [2.75, 3.05) is 13.2 Å². The molecule has 0 amide bonds. The summed E-state index contributed by atoms with van der Waals surface area (Å²) in [6.45, 7) is -0.982. The minimum absolute atomic E-state index is 0.228. The summed E-state index contributed by atoms with van der Waals surface area (Å²) in [5, 5.41) is 35.2. The molecule has 3 atom stereocenters. The van der Waals surface area contributed by atoms with Crippen LogP contribution in [0.1, 0.15) is 0 Å². The molecule has 0 fully saturated rings. The number of hydrogen-bond acceptors (Lipinski definition) is 7. The average Bonchev–Trinajstić information content (AvgIpc) is 2.14. The van der Waals surface area contributed by atoms with Crippen LogP contribution >= 0.6 is 0 Å². The van der Waals surface area contributed by atoms with Crippen LogP contribution in [0.25, 0.3) is 0 Å². The number of ketones is 1. The molecule has 7 heteroatoms. The number of hydrazine groups is 1. The van der Waals surface area contributed by atoms with Crippen LogP contribution in [-0.4, -0.2) is 57.7 Å². The van der Waals surface area contributed by atoms with E-state index in [1.807, 2.05) is 5.43 Å². The lowest BCUT2D eigenvalue weighted by molar-refractivity contribution is -0.142. The third-order valence-corrected chi connectivity index (χ3v) is 1.48. The molecule has 7 nitrogen and oxygen atoms in total. The maximum atomic E-state index is 11.0. The van der Waals surface area contributed by atoms with Crippen molar-refractivity contribution in [2.24, 2.45) is 5.84 Å². The van der Waals surface area contributed by atoms with E-state index in [2.05, 4.69) is 0 Å². The fourth-order valence-corrected chi connectivity index (χ4v) is 0.699. The fraction of sp³-hybridized carbons (Fsp3) is 0.833. The molecular formula is C6H14N2O5. The first-order valence-corrected chi connectivity index (χ1v) is 3.66. The first-order valence-electron chi connectivity index (χ1n) is 3.66. The Hall–Kier alpha value is -0.570. The second-order valence-electron chi connectivity index (χ2n) is 2.52. The smallest absolute Gasteiger partial charge is 0.193 e. The SMILES string of the molecule is NNC[C@H](O)C(=O)[C@@H](O)[C@H](O)CO. The van der Waals surface area contributed by atoms with Gasteiger partial charge in [0.15, 0.2) is 5.78 Å². The first-order chi connectivity index (χ1) is 6.04. The van der Waals surface area contributed by atoms with Gasteiger partial charge in [0.05, 0.1) is 6.61 Å². The third-order valence-electron chi connectivity index (χ3n) is 1.48. The highest BCUT2D eigenvalue weighted by Crippen LogP contribution is 1.98. The highest BCUT2D eigenvalue weighted by Gasteiger charge is 2.28. The van der Waals surface area contributed by atoms with Gasteiger partial charge in [0.25, 0.3) is 0 Å². The summed E-state index contributed by atoms with van der Waals surface area (Å²) in [6.07, 6.45) is -4.88. The molecule has 0 aliphatic carbocycles. The average molecular weight is 194 g/mol. The van der Waals surface area contributed by atoms with Gasteiger partial charge in [-0.1, -0.05) is 0 Å². The van der Waals surface area contributed by atoms with Crippen molar-refractivity contribution in [2.45, 2.75) is 18.3 Å². The van der Waals surface area contributed by atoms with Gasteiger partial charge in [-0.05, 0) is 0 Å². The molecule has 0 bridgehead atoms. The summed E-state index contributed by atoms with van der Waals surface area (Å²) in [6, 6.07) is 0. The molecule has 0 radical (unpaired) electrons. The molecular weight excluding hydrogens is 180 g/mol. The van der Waals surface area contributed by atoms with Crippen LogP contribution in [0.2, 0.25) is 0 Å². The van der Waals surface area contributed by atoms with Gasteiger partial charge in [0.1, 0.15) is 18.3 Å². The Morgan fingerprint density at radius 3 is 2.31 bits per heavy atom. The molecule has 78 valence electrons. The molecule has 0 aliphatic heterocycles. The van der Waals surface area contributed by atoms with Crippen LogP contribution < -0.4 is 11.3 Å². The Morgan fingerprint density at radius 1 is 1.38 bits per heavy atom. The summed E-state index contributed by atoms with van der Waals surface area (Å²) in [5.74, 6) is 3.83. The van der Waals surface area contributed by atoms with Crippen molar-refractivity contribution in [3.05, 3.63) is 0 Å². The van der Waals surface area contributed by atoms with Crippen LogP contribution in [0, 0.1) is 0 Å². The predicted molar refractivity (Wildman–Crippen MR) is 42.3 cm³/mol. The number of carbonyl (C=O) groups is 1.